The SMILES string of the molecule is Cc1cc(C)cc(C(C)NC2CCCC(C)(C)C2)c1. The molecule has 2 rings (SSSR count). The van der Waals surface area contributed by atoms with Gasteiger partial charge >= 0.3 is 0 Å². The molecule has 0 amide bonds. The van der Waals surface area contributed by atoms with Gasteiger partial charge in [-0.25, -0.2) is 0 Å². The molecule has 0 bridgehead atoms. The number of hydrogen-bond donors (Lipinski definition) is 1. The number of rotatable bonds is 3. The van der Waals surface area contributed by atoms with E-state index in [1.165, 1.54) is 42.4 Å². The monoisotopic (exact) mass is 259 g/mol. The van der Waals surface area contributed by atoms with Crippen molar-refractivity contribution < 1.29 is 0 Å². The predicted octanol–water partition coefficient (Wildman–Crippen LogP) is 4.92. The third-order valence-electron chi connectivity index (χ3n) is 4.43. The van der Waals surface area contributed by atoms with Crippen molar-refractivity contribution in [2.45, 2.75) is 72.4 Å². The lowest BCUT2D eigenvalue weighted by Crippen LogP contribution is -2.38. The minimum Gasteiger partial charge on any atom is -0.307 e. The summed E-state index contributed by atoms with van der Waals surface area (Å²) in [6.45, 7) is 11.5. The van der Waals surface area contributed by atoms with E-state index in [0.717, 1.165) is 0 Å². The van der Waals surface area contributed by atoms with Crippen LogP contribution in [0.15, 0.2) is 18.2 Å². The summed E-state index contributed by atoms with van der Waals surface area (Å²) in [4.78, 5) is 0. The minimum atomic E-state index is 0.456. The lowest BCUT2D eigenvalue weighted by Gasteiger charge is -2.37. The Balaban J connectivity index is 2.02. The molecule has 2 atom stereocenters. The van der Waals surface area contributed by atoms with Crippen LogP contribution >= 0.6 is 0 Å². The van der Waals surface area contributed by atoms with E-state index >= 15 is 0 Å². The fourth-order valence-electron chi connectivity index (χ4n) is 3.55. The van der Waals surface area contributed by atoms with Crippen LogP contribution < -0.4 is 5.32 Å². The van der Waals surface area contributed by atoms with Gasteiger partial charge in [0.15, 0.2) is 0 Å². The summed E-state index contributed by atoms with van der Waals surface area (Å²) in [6, 6.07) is 8.02. The highest BCUT2D eigenvalue weighted by atomic mass is 14.9. The van der Waals surface area contributed by atoms with E-state index in [9.17, 15) is 0 Å². The maximum atomic E-state index is 3.85. The molecule has 1 aliphatic carbocycles. The first-order valence-electron chi connectivity index (χ1n) is 7.70. The van der Waals surface area contributed by atoms with E-state index in [0.29, 0.717) is 17.5 Å². The first kappa shape index (κ1) is 14.6. The fraction of sp³-hybridized carbons (Fsp3) is 0.667. The van der Waals surface area contributed by atoms with Gasteiger partial charge in [-0.2, -0.15) is 0 Å². The van der Waals surface area contributed by atoms with E-state index in [1.807, 2.05) is 0 Å². The fourth-order valence-corrected chi connectivity index (χ4v) is 3.55. The molecule has 1 N–H and O–H groups in total. The van der Waals surface area contributed by atoms with Crippen molar-refractivity contribution in [1.29, 1.82) is 0 Å². The number of aryl methyl sites for hydroxylation is 2. The Morgan fingerprint density at radius 1 is 1.16 bits per heavy atom. The summed E-state index contributed by atoms with van der Waals surface area (Å²) < 4.78 is 0. The van der Waals surface area contributed by atoms with Gasteiger partial charge in [0, 0.05) is 12.1 Å². The zero-order chi connectivity index (χ0) is 14.0. The van der Waals surface area contributed by atoms with Crippen LogP contribution in [-0.4, -0.2) is 6.04 Å². The van der Waals surface area contributed by atoms with Gasteiger partial charge in [0.25, 0.3) is 0 Å². The second-order valence-electron chi connectivity index (χ2n) is 7.27. The van der Waals surface area contributed by atoms with Gasteiger partial charge in [-0.3, -0.25) is 0 Å². The predicted molar refractivity (Wildman–Crippen MR) is 83.5 cm³/mol. The maximum Gasteiger partial charge on any atom is 0.0294 e. The molecule has 1 fully saturated rings. The molecule has 106 valence electrons. The molecule has 0 aliphatic heterocycles. The third-order valence-corrected chi connectivity index (χ3v) is 4.43. The lowest BCUT2D eigenvalue weighted by atomic mass is 9.75. The Labute approximate surface area is 118 Å². The van der Waals surface area contributed by atoms with Crippen molar-refractivity contribution in [3.05, 3.63) is 34.9 Å². The van der Waals surface area contributed by atoms with Gasteiger partial charge in [0.2, 0.25) is 0 Å². The lowest BCUT2D eigenvalue weighted by molar-refractivity contribution is 0.191. The Bertz CT molecular complexity index is 413. The summed E-state index contributed by atoms with van der Waals surface area (Å²) in [7, 11) is 0. The molecule has 0 aromatic heterocycles. The molecule has 2 unspecified atom stereocenters. The number of hydrogen-bond acceptors (Lipinski definition) is 1. The van der Waals surface area contributed by atoms with Crippen molar-refractivity contribution in [3.8, 4) is 0 Å². The first-order valence-corrected chi connectivity index (χ1v) is 7.70. The molecule has 0 spiro atoms. The van der Waals surface area contributed by atoms with Crippen molar-refractivity contribution in [2.24, 2.45) is 5.41 Å². The highest BCUT2D eigenvalue weighted by Gasteiger charge is 2.28. The van der Waals surface area contributed by atoms with Crippen molar-refractivity contribution in [1.82, 2.24) is 5.32 Å². The standard InChI is InChI=1S/C18H29N/c1-13-9-14(2)11-16(10-13)15(3)19-17-7-6-8-18(4,5)12-17/h9-11,15,17,19H,6-8,12H2,1-5H3. The average Bonchev–Trinajstić information content (AvgIpc) is 2.26. The van der Waals surface area contributed by atoms with Gasteiger partial charge in [-0.1, -0.05) is 49.6 Å². The molecule has 1 nitrogen and oxygen atoms in total. The number of benzene rings is 1. The molecular formula is C18H29N. The normalized spacial score (nSPS) is 24.2. The molecule has 0 radical (unpaired) electrons. The number of nitrogens with one attached hydrogen (secondary N) is 1. The van der Waals surface area contributed by atoms with Gasteiger partial charge in [-0.15, -0.1) is 0 Å². The third kappa shape index (κ3) is 4.07. The highest BCUT2D eigenvalue weighted by molar-refractivity contribution is 5.30. The minimum absolute atomic E-state index is 0.456. The van der Waals surface area contributed by atoms with E-state index in [1.54, 1.807) is 0 Å². The molecule has 0 saturated heterocycles. The van der Waals surface area contributed by atoms with Crippen LogP contribution in [0, 0.1) is 19.3 Å². The molecule has 1 aromatic rings. The van der Waals surface area contributed by atoms with Crippen molar-refractivity contribution in [2.75, 3.05) is 0 Å². The molecule has 1 saturated carbocycles. The van der Waals surface area contributed by atoms with E-state index < -0.39 is 0 Å². The topological polar surface area (TPSA) is 12.0 Å². The quantitative estimate of drug-likeness (QED) is 0.812. The Kier molecular flexibility index (Phi) is 4.35. The second kappa shape index (κ2) is 5.66. The van der Waals surface area contributed by atoms with Crippen LogP contribution in [-0.2, 0) is 0 Å². The van der Waals surface area contributed by atoms with Crippen LogP contribution in [0.5, 0.6) is 0 Å². The summed E-state index contributed by atoms with van der Waals surface area (Å²) in [5.74, 6) is 0. The Hall–Kier alpha value is -0.820. The summed E-state index contributed by atoms with van der Waals surface area (Å²) >= 11 is 0. The Morgan fingerprint density at radius 3 is 2.37 bits per heavy atom. The molecule has 1 aliphatic rings. The summed E-state index contributed by atoms with van der Waals surface area (Å²) in [6.07, 6.45) is 5.38. The van der Waals surface area contributed by atoms with Crippen LogP contribution in [0.3, 0.4) is 0 Å². The maximum absolute atomic E-state index is 3.85. The molecule has 1 heteroatoms. The largest absolute Gasteiger partial charge is 0.307 e. The second-order valence-corrected chi connectivity index (χ2v) is 7.27. The van der Waals surface area contributed by atoms with E-state index in [-0.39, 0.29) is 0 Å². The zero-order valence-corrected chi connectivity index (χ0v) is 13.2. The van der Waals surface area contributed by atoms with Crippen molar-refractivity contribution >= 4 is 0 Å². The van der Waals surface area contributed by atoms with Crippen LogP contribution in [0.2, 0.25) is 0 Å². The van der Waals surface area contributed by atoms with E-state index in [4.69, 9.17) is 0 Å². The van der Waals surface area contributed by atoms with Crippen molar-refractivity contribution in [3.63, 3.8) is 0 Å². The summed E-state index contributed by atoms with van der Waals surface area (Å²) in [5.41, 5.74) is 4.68. The molecular weight excluding hydrogens is 230 g/mol. The molecule has 1 aromatic carbocycles. The van der Waals surface area contributed by atoms with Crippen LogP contribution in [0.25, 0.3) is 0 Å². The highest BCUT2D eigenvalue weighted by Crippen LogP contribution is 2.36. The molecule has 19 heavy (non-hydrogen) atoms. The van der Waals surface area contributed by atoms with Gasteiger partial charge in [0.1, 0.15) is 0 Å². The van der Waals surface area contributed by atoms with Crippen LogP contribution in [0.1, 0.15) is 69.2 Å². The molecule has 0 heterocycles. The summed E-state index contributed by atoms with van der Waals surface area (Å²) in [5, 5.41) is 3.85. The smallest absolute Gasteiger partial charge is 0.0294 e. The average molecular weight is 259 g/mol. The van der Waals surface area contributed by atoms with E-state index in [2.05, 4.69) is 58.1 Å². The Morgan fingerprint density at radius 2 is 1.79 bits per heavy atom. The van der Waals surface area contributed by atoms with Gasteiger partial charge in [0.05, 0.1) is 0 Å². The van der Waals surface area contributed by atoms with Crippen LogP contribution in [0.4, 0.5) is 0 Å². The zero-order valence-electron chi connectivity index (χ0n) is 13.2. The van der Waals surface area contributed by atoms with Gasteiger partial charge in [-0.05, 0) is 51.0 Å². The first-order chi connectivity index (χ1) is 8.85. The van der Waals surface area contributed by atoms with Gasteiger partial charge < -0.3 is 5.32 Å².